The van der Waals surface area contributed by atoms with Gasteiger partial charge in [0.05, 0.1) is 0 Å². The number of carboxylic acid groups (broad SMARTS) is 1. The molecule has 18 heavy (non-hydrogen) atoms. The first-order chi connectivity index (χ1) is 7.98. The van der Waals surface area contributed by atoms with Crippen molar-refractivity contribution in [3.63, 3.8) is 0 Å². The normalized spacial score (nSPS) is 17.6. The van der Waals surface area contributed by atoms with E-state index in [-0.39, 0.29) is 5.41 Å². The van der Waals surface area contributed by atoms with Crippen molar-refractivity contribution in [1.82, 2.24) is 4.90 Å². The number of hydrogen-bond acceptors (Lipinski definition) is 3. The third kappa shape index (κ3) is 5.83. The largest absolute Gasteiger partial charge is 0.480 e. The zero-order valence-corrected chi connectivity index (χ0v) is 12.8. The number of unbranched alkanes of at least 4 members (excludes halogenated alkanes) is 1. The minimum Gasteiger partial charge on any atom is -0.480 e. The number of nitrogens with two attached hydrogens (primary N) is 1. The predicted octanol–water partition coefficient (Wildman–Crippen LogP) is 2.33. The van der Waals surface area contributed by atoms with E-state index >= 15 is 0 Å². The van der Waals surface area contributed by atoms with Gasteiger partial charge in [0.15, 0.2) is 0 Å². The van der Waals surface area contributed by atoms with Crippen molar-refractivity contribution in [3.05, 3.63) is 0 Å². The van der Waals surface area contributed by atoms with Crippen molar-refractivity contribution in [2.24, 2.45) is 11.1 Å². The van der Waals surface area contributed by atoms with E-state index in [0.29, 0.717) is 12.5 Å². The molecule has 4 heteroatoms. The number of nitrogens with zero attached hydrogens (tertiary/aromatic N) is 1. The fourth-order valence-electron chi connectivity index (χ4n) is 1.82. The van der Waals surface area contributed by atoms with Gasteiger partial charge in [-0.1, -0.05) is 20.8 Å². The van der Waals surface area contributed by atoms with Gasteiger partial charge >= 0.3 is 5.97 Å². The van der Waals surface area contributed by atoms with E-state index in [1.54, 1.807) is 6.92 Å². The molecule has 0 radical (unpaired) electrons. The third-order valence-electron chi connectivity index (χ3n) is 3.86. The van der Waals surface area contributed by atoms with Gasteiger partial charge in [0.2, 0.25) is 0 Å². The maximum atomic E-state index is 10.9. The van der Waals surface area contributed by atoms with Crippen molar-refractivity contribution in [3.8, 4) is 0 Å². The van der Waals surface area contributed by atoms with Crippen molar-refractivity contribution >= 4 is 5.97 Å². The molecule has 4 nitrogen and oxygen atoms in total. The molecule has 0 amide bonds. The van der Waals surface area contributed by atoms with Crippen molar-refractivity contribution in [1.29, 1.82) is 0 Å². The number of carbonyl (C=O) groups is 1. The monoisotopic (exact) mass is 258 g/mol. The van der Waals surface area contributed by atoms with Gasteiger partial charge in [0.1, 0.15) is 5.54 Å². The van der Waals surface area contributed by atoms with Gasteiger partial charge in [-0.15, -0.1) is 0 Å². The summed E-state index contributed by atoms with van der Waals surface area (Å²) in [5.74, 6) is -0.918. The molecule has 0 rings (SSSR count). The number of carboxylic acids is 1. The lowest BCUT2D eigenvalue weighted by atomic mass is 9.87. The molecular weight excluding hydrogens is 228 g/mol. The van der Waals surface area contributed by atoms with Gasteiger partial charge in [0, 0.05) is 6.04 Å². The van der Waals surface area contributed by atoms with Crippen LogP contribution in [0.15, 0.2) is 0 Å². The molecule has 0 bridgehead atoms. The standard InChI is InChI=1S/C14H30N2O2/c1-11(13(2,3)4)16(6)10-8-7-9-14(5,15)12(17)18/h11H,7-10,15H2,1-6H3,(H,17,18). The molecule has 0 aliphatic heterocycles. The highest BCUT2D eigenvalue weighted by Crippen LogP contribution is 2.23. The SMILES string of the molecule is CC(N(C)CCCCC(C)(N)C(=O)O)C(C)(C)C. The van der Waals surface area contributed by atoms with Crippen LogP contribution in [0.4, 0.5) is 0 Å². The van der Waals surface area contributed by atoms with Gasteiger partial charge in [-0.2, -0.15) is 0 Å². The predicted molar refractivity (Wildman–Crippen MR) is 75.6 cm³/mol. The summed E-state index contributed by atoms with van der Waals surface area (Å²) in [5.41, 5.74) is 4.87. The average Bonchev–Trinajstić information content (AvgIpc) is 2.21. The van der Waals surface area contributed by atoms with Crippen LogP contribution in [0.5, 0.6) is 0 Å². The van der Waals surface area contributed by atoms with E-state index in [4.69, 9.17) is 10.8 Å². The fraction of sp³-hybridized carbons (Fsp3) is 0.929. The average molecular weight is 258 g/mol. The molecular formula is C14H30N2O2. The van der Waals surface area contributed by atoms with Crippen LogP contribution in [0, 0.1) is 5.41 Å². The third-order valence-corrected chi connectivity index (χ3v) is 3.86. The first-order valence-electron chi connectivity index (χ1n) is 6.71. The Morgan fingerprint density at radius 1 is 1.28 bits per heavy atom. The Hall–Kier alpha value is -0.610. The van der Waals surface area contributed by atoms with Crippen LogP contribution in [0.1, 0.15) is 53.9 Å². The second kappa shape index (κ2) is 6.53. The number of hydrogen-bond donors (Lipinski definition) is 2. The van der Waals surface area contributed by atoms with E-state index < -0.39 is 11.5 Å². The smallest absolute Gasteiger partial charge is 0.323 e. The Labute approximate surface area is 112 Å². The zero-order valence-electron chi connectivity index (χ0n) is 12.8. The molecule has 0 aromatic carbocycles. The molecule has 0 aromatic heterocycles. The summed E-state index contributed by atoms with van der Waals surface area (Å²) < 4.78 is 0. The van der Waals surface area contributed by atoms with Crippen molar-refractivity contribution in [2.45, 2.75) is 65.5 Å². The quantitative estimate of drug-likeness (QED) is 0.688. The van der Waals surface area contributed by atoms with Crippen LogP contribution in [0.25, 0.3) is 0 Å². The highest BCUT2D eigenvalue weighted by molar-refractivity contribution is 5.77. The van der Waals surface area contributed by atoms with Gasteiger partial charge in [0.25, 0.3) is 0 Å². The molecule has 0 aromatic rings. The van der Waals surface area contributed by atoms with Crippen LogP contribution in [-0.2, 0) is 4.79 Å². The highest BCUT2D eigenvalue weighted by atomic mass is 16.4. The van der Waals surface area contributed by atoms with Crippen molar-refractivity contribution < 1.29 is 9.90 Å². The molecule has 0 aliphatic rings. The Kier molecular flexibility index (Phi) is 6.30. The Balaban J connectivity index is 3.97. The van der Waals surface area contributed by atoms with Crippen LogP contribution in [-0.4, -0.2) is 41.1 Å². The van der Waals surface area contributed by atoms with Crippen LogP contribution >= 0.6 is 0 Å². The first-order valence-corrected chi connectivity index (χ1v) is 6.71. The first kappa shape index (κ1) is 17.4. The molecule has 0 fully saturated rings. The second-order valence-corrected chi connectivity index (χ2v) is 6.70. The lowest BCUT2D eigenvalue weighted by Gasteiger charge is -2.35. The molecule has 0 aliphatic carbocycles. The zero-order chi connectivity index (χ0) is 14.6. The summed E-state index contributed by atoms with van der Waals surface area (Å²) in [5, 5.41) is 8.91. The molecule has 108 valence electrons. The summed E-state index contributed by atoms with van der Waals surface area (Å²) in [4.78, 5) is 13.2. The van der Waals surface area contributed by atoms with Crippen LogP contribution in [0.2, 0.25) is 0 Å². The van der Waals surface area contributed by atoms with E-state index in [2.05, 4.69) is 39.6 Å². The maximum Gasteiger partial charge on any atom is 0.323 e. The molecule has 2 atom stereocenters. The Bertz CT molecular complexity index is 269. The number of rotatable bonds is 7. The summed E-state index contributed by atoms with van der Waals surface area (Å²) in [7, 11) is 2.12. The maximum absolute atomic E-state index is 10.9. The molecule has 0 saturated heterocycles. The highest BCUT2D eigenvalue weighted by Gasteiger charge is 2.27. The van der Waals surface area contributed by atoms with Crippen LogP contribution < -0.4 is 5.73 Å². The Morgan fingerprint density at radius 2 is 1.78 bits per heavy atom. The summed E-state index contributed by atoms with van der Waals surface area (Å²) in [6.45, 7) is 11.5. The van der Waals surface area contributed by atoms with Gasteiger partial charge < -0.3 is 15.7 Å². The molecule has 2 unspecified atom stereocenters. The fourth-order valence-corrected chi connectivity index (χ4v) is 1.82. The topological polar surface area (TPSA) is 66.6 Å². The molecule has 0 saturated carbocycles. The van der Waals surface area contributed by atoms with Gasteiger partial charge in [-0.25, -0.2) is 0 Å². The molecule has 0 heterocycles. The summed E-state index contributed by atoms with van der Waals surface area (Å²) in [6, 6.07) is 0.501. The van der Waals surface area contributed by atoms with Crippen molar-refractivity contribution in [2.75, 3.05) is 13.6 Å². The Morgan fingerprint density at radius 3 is 2.17 bits per heavy atom. The van der Waals surface area contributed by atoms with E-state index in [9.17, 15) is 4.79 Å². The lowest BCUT2D eigenvalue weighted by Crippen LogP contribution is -2.45. The number of aliphatic carboxylic acids is 1. The van der Waals surface area contributed by atoms with E-state index in [1.807, 2.05) is 0 Å². The van der Waals surface area contributed by atoms with E-state index in [1.165, 1.54) is 0 Å². The van der Waals surface area contributed by atoms with Gasteiger partial charge in [-0.05, 0) is 52.1 Å². The second-order valence-electron chi connectivity index (χ2n) is 6.70. The summed E-state index contributed by atoms with van der Waals surface area (Å²) >= 11 is 0. The minimum atomic E-state index is -1.09. The summed E-state index contributed by atoms with van der Waals surface area (Å²) in [6.07, 6.45) is 2.36. The van der Waals surface area contributed by atoms with Gasteiger partial charge in [-0.3, -0.25) is 4.79 Å². The van der Waals surface area contributed by atoms with E-state index in [0.717, 1.165) is 19.4 Å². The van der Waals surface area contributed by atoms with Crippen LogP contribution in [0.3, 0.4) is 0 Å². The lowest BCUT2D eigenvalue weighted by molar-refractivity contribution is -0.142. The minimum absolute atomic E-state index is 0.262. The molecule has 0 spiro atoms. The molecule has 3 N–H and O–H groups in total.